The predicted octanol–water partition coefficient (Wildman–Crippen LogP) is 1.96. The molecular weight excluding hydrogens is 364 g/mol. The SMILES string of the molecule is CCN(C(C)CN(C)C)S(=O)(=O)c1cc(CO)sc1Br. The number of aliphatic hydroxyl groups is 1. The Morgan fingerprint density at radius 3 is 2.45 bits per heavy atom. The molecule has 0 aliphatic heterocycles. The molecule has 8 heteroatoms. The minimum atomic E-state index is -3.56. The smallest absolute Gasteiger partial charge is 0.245 e. The Balaban J connectivity index is 3.14. The maximum absolute atomic E-state index is 12.7. The van der Waals surface area contributed by atoms with Gasteiger partial charge in [-0.05, 0) is 43.0 Å². The summed E-state index contributed by atoms with van der Waals surface area (Å²) < 4.78 is 27.5. The van der Waals surface area contributed by atoms with Crippen LogP contribution >= 0.6 is 27.3 Å². The van der Waals surface area contributed by atoms with Crippen LogP contribution in [0.25, 0.3) is 0 Å². The number of nitrogens with zero attached hydrogens (tertiary/aromatic N) is 2. The lowest BCUT2D eigenvalue weighted by Gasteiger charge is -2.29. The van der Waals surface area contributed by atoms with Crippen LogP contribution in [0.5, 0.6) is 0 Å². The lowest BCUT2D eigenvalue weighted by Crippen LogP contribution is -2.43. The molecule has 0 saturated heterocycles. The Morgan fingerprint density at radius 2 is 2.05 bits per heavy atom. The van der Waals surface area contributed by atoms with Gasteiger partial charge in [-0.2, -0.15) is 4.31 Å². The first kappa shape index (κ1) is 18.1. The zero-order valence-electron chi connectivity index (χ0n) is 12.1. The van der Waals surface area contributed by atoms with Gasteiger partial charge in [0, 0.05) is 24.0 Å². The first-order valence-electron chi connectivity index (χ1n) is 6.29. The lowest BCUT2D eigenvalue weighted by molar-refractivity contribution is 0.271. The number of aliphatic hydroxyl groups excluding tert-OH is 1. The zero-order chi connectivity index (χ0) is 15.5. The van der Waals surface area contributed by atoms with Gasteiger partial charge in [-0.3, -0.25) is 0 Å². The first-order valence-corrected chi connectivity index (χ1v) is 9.34. The molecule has 0 radical (unpaired) electrons. The lowest BCUT2D eigenvalue weighted by atomic mass is 10.3. The minimum Gasteiger partial charge on any atom is -0.391 e. The second-order valence-corrected chi connectivity index (χ2v) is 9.14. The van der Waals surface area contributed by atoms with Crippen molar-refractivity contribution in [3.63, 3.8) is 0 Å². The topological polar surface area (TPSA) is 60.9 Å². The van der Waals surface area contributed by atoms with Crippen LogP contribution in [0.3, 0.4) is 0 Å². The van der Waals surface area contributed by atoms with E-state index in [1.165, 1.54) is 21.7 Å². The van der Waals surface area contributed by atoms with Crippen LogP contribution in [-0.2, 0) is 16.6 Å². The van der Waals surface area contributed by atoms with E-state index < -0.39 is 10.0 Å². The Hall–Kier alpha value is 0.01000. The Morgan fingerprint density at radius 1 is 1.45 bits per heavy atom. The Bertz CT molecular complexity index is 543. The van der Waals surface area contributed by atoms with Gasteiger partial charge in [0.25, 0.3) is 0 Å². The van der Waals surface area contributed by atoms with Crippen LogP contribution in [0.2, 0.25) is 0 Å². The van der Waals surface area contributed by atoms with Gasteiger partial charge >= 0.3 is 0 Å². The van der Waals surface area contributed by atoms with E-state index >= 15 is 0 Å². The summed E-state index contributed by atoms with van der Waals surface area (Å²) in [6.45, 7) is 4.64. The van der Waals surface area contributed by atoms with Gasteiger partial charge in [-0.1, -0.05) is 6.92 Å². The van der Waals surface area contributed by atoms with Crippen molar-refractivity contribution in [3.8, 4) is 0 Å². The van der Waals surface area contributed by atoms with Crippen molar-refractivity contribution < 1.29 is 13.5 Å². The molecule has 0 aromatic carbocycles. The number of halogens is 1. The molecular formula is C12H21BrN2O3S2. The van der Waals surface area contributed by atoms with Crippen LogP contribution in [-0.4, -0.2) is 56.0 Å². The van der Waals surface area contributed by atoms with E-state index in [1.54, 1.807) is 0 Å². The molecule has 1 unspecified atom stereocenters. The fraction of sp³-hybridized carbons (Fsp3) is 0.667. The second-order valence-electron chi connectivity index (χ2n) is 4.83. The molecule has 1 N–H and O–H groups in total. The van der Waals surface area contributed by atoms with Crippen molar-refractivity contribution >= 4 is 37.3 Å². The van der Waals surface area contributed by atoms with E-state index in [9.17, 15) is 8.42 Å². The average molecular weight is 385 g/mol. The molecule has 0 aliphatic carbocycles. The summed E-state index contributed by atoms with van der Waals surface area (Å²) in [7, 11) is 0.279. The van der Waals surface area contributed by atoms with E-state index in [0.717, 1.165) is 0 Å². The summed E-state index contributed by atoms with van der Waals surface area (Å²) in [6.07, 6.45) is 0. The van der Waals surface area contributed by atoms with Gasteiger partial charge < -0.3 is 10.0 Å². The third-order valence-electron chi connectivity index (χ3n) is 2.88. The van der Waals surface area contributed by atoms with Gasteiger partial charge in [-0.25, -0.2) is 8.42 Å². The van der Waals surface area contributed by atoms with E-state index in [4.69, 9.17) is 5.11 Å². The molecule has 1 aromatic heterocycles. The molecule has 0 saturated carbocycles. The summed E-state index contributed by atoms with van der Waals surface area (Å²) in [6, 6.07) is 1.42. The summed E-state index contributed by atoms with van der Waals surface area (Å²) in [5.41, 5.74) is 0. The summed E-state index contributed by atoms with van der Waals surface area (Å²) in [5.74, 6) is 0. The third-order valence-corrected chi connectivity index (χ3v) is 7.21. The van der Waals surface area contributed by atoms with Gasteiger partial charge in [-0.15, -0.1) is 11.3 Å². The molecule has 1 atom stereocenters. The van der Waals surface area contributed by atoms with E-state index in [1.807, 2.05) is 32.8 Å². The number of thiophene rings is 1. The summed E-state index contributed by atoms with van der Waals surface area (Å²) >= 11 is 4.53. The monoisotopic (exact) mass is 384 g/mol. The van der Waals surface area contributed by atoms with Crippen LogP contribution in [0.4, 0.5) is 0 Å². The number of likely N-dealkylation sites (N-methyl/N-ethyl adjacent to an activating group) is 2. The first-order chi connectivity index (χ1) is 9.23. The summed E-state index contributed by atoms with van der Waals surface area (Å²) in [4.78, 5) is 2.83. The number of hydrogen-bond donors (Lipinski definition) is 1. The van der Waals surface area contributed by atoms with E-state index in [-0.39, 0.29) is 17.5 Å². The van der Waals surface area contributed by atoms with Gasteiger partial charge in [0.15, 0.2) is 0 Å². The molecule has 116 valence electrons. The van der Waals surface area contributed by atoms with Crippen molar-refractivity contribution in [2.75, 3.05) is 27.2 Å². The van der Waals surface area contributed by atoms with Crippen LogP contribution in [0.1, 0.15) is 18.7 Å². The second kappa shape index (κ2) is 7.33. The highest BCUT2D eigenvalue weighted by Gasteiger charge is 2.31. The maximum atomic E-state index is 12.7. The number of rotatable bonds is 7. The molecule has 1 aromatic rings. The highest BCUT2D eigenvalue weighted by Crippen LogP contribution is 2.34. The van der Waals surface area contributed by atoms with Crippen molar-refractivity contribution in [2.45, 2.75) is 31.4 Å². The van der Waals surface area contributed by atoms with Crippen LogP contribution in [0, 0.1) is 0 Å². The van der Waals surface area contributed by atoms with E-state index in [0.29, 0.717) is 21.8 Å². The molecule has 0 amide bonds. The quantitative estimate of drug-likeness (QED) is 0.780. The Labute approximate surface area is 133 Å². The molecule has 0 aliphatic rings. The molecule has 5 nitrogen and oxygen atoms in total. The fourth-order valence-corrected chi connectivity index (χ4v) is 6.24. The highest BCUT2D eigenvalue weighted by atomic mass is 79.9. The maximum Gasteiger partial charge on any atom is 0.245 e. The largest absolute Gasteiger partial charge is 0.391 e. The molecule has 0 bridgehead atoms. The van der Waals surface area contributed by atoms with Crippen molar-refractivity contribution in [1.29, 1.82) is 0 Å². The fourth-order valence-electron chi connectivity index (χ4n) is 2.12. The molecule has 0 fully saturated rings. The van der Waals surface area contributed by atoms with Crippen LogP contribution in [0.15, 0.2) is 14.7 Å². The van der Waals surface area contributed by atoms with Crippen molar-refractivity contribution in [3.05, 3.63) is 14.7 Å². The molecule has 0 spiro atoms. The normalized spacial score (nSPS) is 14.2. The Kier molecular flexibility index (Phi) is 6.62. The van der Waals surface area contributed by atoms with Crippen molar-refractivity contribution in [2.24, 2.45) is 0 Å². The standard InChI is InChI=1S/C12H21BrN2O3S2/c1-5-15(9(2)7-14(3)4)20(17,18)11-6-10(8-16)19-12(11)13/h6,9,16H,5,7-8H2,1-4H3. The minimum absolute atomic E-state index is 0.121. The number of sulfonamides is 1. The predicted molar refractivity (Wildman–Crippen MR) is 85.5 cm³/mol. The van der Waals surface area contributed by atoms with Crippen LogP contribution < -0.4 is 0 Å². The average Bonchev–Trinajstić information content (AvgIpc) is 2.70. The highest BCUT2D eigenvalue weighted by molar-refractivity contribution is 9.11. The summed E-state index contributed by atoms with van der Waals surface area (Å²) in [5, 5.41) is 9.14. The zero-order valence-corrected chi connectivity index (χ0v) is 15.3. The van der Waals surface area contributed by atoms with Gasteiger partial charge in [0.2, 0.25) is 10.0 Å². The van der Waals surface area contributed by atoms with Gasteiger partial charge in [0.05, 0.1) is 10.4 Å². The van der Waals surface area contributed by atoms with E-state index in [2.05, 4.69) is 15.9 Å². The molecule has 1 rings (SSSR count). The van der Waals surface area contributed by atoms with Crippen molar-refractivity contribution in [1.82, 2.24) is 9.21 Å². The van der Waals surface area contributed by atoms with Gasteiger partial charge in [0.1, 0.15) is 4.90 Å². The molecule has 1 heterocycles. The third kappa shape index (κ3) is 4.02. The number of hydrogen-bond acceptors (Lipinski definition) is 5. The molecule has 20 heavy (non-hydrogen) atoms.